The van der Waals surface area contributed by atoms with Crippen molar-refractivity contribution in [3.8, 4) is 17.3 Å². The van der Waals surface area contributed by atoms with Gasteiger partial charge in [-0.05, 0) is 12.1 Å². The molecule has 0 bridgehead atoms. The Morgan fingerprint density at radius 1 is 1.08 bits per heavy atom. The van der Waals surface area contributed by atoms with Gasteiger partial charge in [0.25, 0.3) is 0 Å². The lowest BCUT2D eigenvalue weighted by Crippen LogP contribution is -2.20. The number of rotatable bonds is 5. The number of hydrogen-bond donors (Lipinski definition) is 2. The van der Waals surface area contributed by atoms with Crippen molar-refractivity contribution in [1.82, 2.24) is 24.7 Å². The standard InChI is InChI=1S/C15H15N7O3/c1-24-10-3-4-11(12(5-10)25-2)20-15(23)21-13-6-14(18-8-17-13)22-9-16-7-19-22/h3-9H,1-2H3,(H2,17,18,20,21,23). The molecular formula is C15H15N7O3. The van der Waals surface area contributed by atoms with E-state index in [-0.39, 0.29) is 0 Å². The highest BCUT2D eigenvalue weighted by Gasteiger charge is 2.10. The molecule has 0 fully saturated rings. The molecule has 2 aromatic heterocycles. The van der Waals surface area contributed by atoms with E-state index in [9.17, 15) is 4.79 Å². The molecule has 0 aliphatic carbocycles. The first-order chi connectivity index (χ1) is 12.2. The van der Waals surface area contributed by atoms with Gasteiger partial charge in [-0.1, -0.05) is 0 Å². The third-order valence-corrected chi connectivity index (χ3v) is 3.20. The molecular weight excluding hydrogens is 326 g/mol. The number of aromatic nitrogens is 5. The predicted octanol–water partition coefficient (Wildman–Crippen LogP) is 1.72. The van der Waals surface area contributed by atoms with Crippen LogP contribution in [0.15, 0.2) is 43.2 Å². The lowest BCUT2D eigenvalue weighted by atomic mass is 10.2. The molecule has 10 nitrogen and oxygen atoms in total. The van der Waals surface area contributed by atoms with Crippen LogP contribution in [-0.2, 0) is 0 Å². The summed E-state index contributed by atoms with van der Waals surface area (Å²) in [5.41, 5.74) is 0.492. The molecule has 0 unspecified atom stereocenters. The molecule has 2 N–H and O–H groups in total. The van der Waals surface area contributed by atoms with Gasteiger partial charge in [0.2, 0.25) is 0 Å². The number of urea groups is 1. The quantitative estimate of drug-likeness (QED) is 0.725. The summed E-state index contributed by atoms with van der Waals surface area (Å²) >= 11 is 0. The number of ether oxygens (including phenoxy) is 2. The van der Waals surface area contributed by atoms with E-state index in [1.54, 1.807) is 31.4 Å². The second-order valence-corrected chi connectivity index (χ2v) is 4.75. The van der Waals surface area contributed by atoms with Crippen LogP contribution in [0.25, 0.3) is 5.82 Å². The fourth-order valence-corrected chi connectivity index (χ4v) is 2.04. The zero-order valence-corrected chi connectivity index (χ0v) is 13.5. The van der Waals surface area contributed by atoms with E-state index < -0.39 is 6.03 Å². The Morgan fingerprint density at radius 2 is 1.96 bits per heavy atom. The molecule has 0 spiro atoms. The minimum atomic E-state index is -0.480. The van der Waals surface area contributed by atoms with Gasteiger partial charge in [-0.15, -0.1) is 0 Å². The van der Waals surface area contributed by atoms with Crippen LogP contribution < -0.4 is 20.1 Å². The molecule has 0 atom stereocenters. The normalized spacial score (nSPS) is 10.2. The van der Waals surface area contributed by atoms with Crippen molar-refractivity contribution in [2.45, 2.75) is 0 Å². The lowest BCUT2D eigenvalue weighted by molar-refractivity contribution is 0.262. The fraction of sp³-hybridized carbons (Fsp3) is 0.133. The summed E-state index contributed by atoms with van der Waals surface area (Å²) in [5, 5.41) is 9.28. The monoisotopic (exact) mass is 341 g/mol. The van der Waals surface area contributed by atoms with Gasteiger partial charge < -0.3 is 14.8 Å². The van der Waals surface area contributed by atoms with Gasteiger partial charge in [-0.2, -0.15) is 5.10 Å². The molecule has 0 saturated carbocycles. The first kappa shape index (κ1) is 16.2. The van der Waals surface area contributed by atoms with Crippen LogP contribution in [0.4, 0.5) is 16.3 Å². The van der Waals surface area contributed by atoms with Crippen LogP contribution in [0.5, 0.6) is 11.5 Å². The number of nitrogens with one attached hydrogen (secondary N) is 2. The maximum atomic E-state index is 12.2. The second kappa shape index (κ2) is 7.25. The van der Waals surface area contributed by atoms with Crippen LogP contribution in [0.1, 0.15) is 0 Å². The summed E-state index contributed by atoms with van der Waals surface area (Å²) in [6.07, 6.45) is 4.20. The van der Waals surface area contributed by atoms with Crippen LogP contribution in [0.2, 0.25) is 0 Å². The number of hydrogen-bond acceptors (Lipinski definition) is 7. The lowest BCUT2D eigenvalue weighted by Gasteiger charge is -2.12. The van der Waals surface area contributed by atoms with Crippen LogP contribution >= 0.6 is 0 Å². The SMILES string of the molecule is COc1ccc(NC(=O)Nc2cc(-n3cncn3)ncn2)c(OC)c1. The van der Waals surface area contributed by atoms with Crippen LogP contribution in [0, 0.1) is 0 Å². The Hall–Kier alpha value is -3.69. The van der Waals surface area contributed by atoms with Crippen molar-refractivity contribution in [3.63, 3.8) is 0 Å². The van der Waals surface area contributed by atoms with E-state index in [2.05, 4.69) is 30.7 Å². The Kier molecular flexibility index (Phi) is 4.69. The summed E-state index contributed by atoms with van der Waals surface area (Å²) < 4.78 is 11.8. The minimum Gasteiger partial charge on any atom is -0.497 e. The molecule has 0 saturated heterocycles. The average Bonchev–Trinajstić information content (AvgIpc) is 3.17. The number of nitrogens with zero attached hydrogens (tertiary/aromatic N) is 5. The molecule has 25 heavy (non-hydrogen) atoms. The summed E-state index contributed by atoms with van der Waals surface area (Å²) in [6.45, 7) is 0. The third kappa shape index (κ3) is 3.80. The molecule has 128 valence electrons. The van der Waals surface area contributed by atoms with Crippen LogP contribution in [-0.4, -0.2) is 45.0 Å². The van der Waals surface area contributed by atoms with Crippen molar-refractivity contribution in [2.24, 2.45) is 0 Å². The highest BCUT2D eigenvalue weighted by molar-refractivity contribution is 6.00. The number of carbonyl (C=O) groups excluding carboxylic acids is 1. The maximum Gasteiger partial charge on any atom is 0.324 e. The average molecular weight is 341 g/mol. The van der Waals surface area contributed by atoms with E-state index in [0.29, 0.717) is 28.8 Å². The summed E-state index contributed by atoms with van der Waals surface area (Å²) in [7, 11) is 3.06. The Balaban J connectivity index is 1.72. The Morgan fingerprint density at radius 3 is 2.68 bits per heavy atom. The van der Waals surface area contributed by atoms with Gasteiger partial charge in [0.1, 0.15) is 36.3 Å². The Labute approximate surface area is 142 Å². The third-order valence-electron chi connectivity index (χ3n) is 3.20. The van der Waals surface area contributed by atoms with E-state index in [0.717, 1.165) is 0 Å². The van der Waals surface area contributed by atoms with E-state index >= 15 is 0 Å². The molecule has 2 amide bonds. The van der Waals surface area contributed by atoms with Gasteiger partial charge in [-0.25, -0.2) is 24.4 Å². The highest BCUT2D eigenvalue weighted by atomic mass is 16.5. The number of carbonyl (C=O) groups is 1. The van der Waals surface area contributed by atoms with Crippen molar-refractivity contribution >= 4 is 17.5 Å². The van der Waals surface area contributed by atoms with E-state index in [1.165, 1.54) is 30.8 Å². The topological polar surface area (TPSA) is 116 Å². The smallest absolute Gasteiger partial charge is 0.324 e. The Bertz CT molecular complexity index is 867. The molecule has 0 radical (unpaired) electrons. The summed E-state index contributed by atoms with van der Waals surface area (Å²) in [4.78, 5) is 24.1. The van der Waals surface area contributed by atoms with Gasteiger partial charge in [-0.3, -0.25) is 5.32 Å². The van der Waals surface area contributed by atoms with Crippen molar-refractivity contribution in [2.75, 3.05) is 24.9 Å². The largest absolute Gasteiger partial charge is 0.497 e. The number of anilines is 2. The minimum absolute atomic E-state index is 0.311. The van der Waals surface area contributed by atoms with Gasteiger partial charge in [0.15, 0.2) is 5.82 Å². The summed E-state index contributed by atoms with van der Waals surface area (Å²) in [6, 6.07) is 6.15. The maximum absolute atomic E-state index is 12.2. The number of amides is 2. The first-order valence-electron chi connectivity index (χ1n) is 7.16. The summed E-state index contributed by atoms with van der Waals surface area (Å²) in [5.74, 6) is 1.88. The second-order valence-electron chi connectivity index (χ2n) is 4.75. The van der Waals surface area contributed by atoms with Gasteiger partial charge in [0.05, 0.1) is 19.9 Å². The number of benzene rings is 1. The fourth-order valence-electron chi connectivity index (χ4n) is 2.04. The number of methoxy groups -OCH3 is 2. The zero-order chi connectivity index (χ0) is 17.6. The van der Waals surface area contributed by atoms with E-state index in [1.807, 2.05) is 0 Å². The first-order valence-corrected chi connectivity index (χ1v) is 7.16. The molecule has 2 heterocycles. The predicted molar refractivity (Wildman–Crippen MR) is 89.1 cm³/mol. The molecule has 0 aliphatic heterocycles. The molecule has 3 aromatic rings. The van der Waals surface area contributed by atoms with Crippen molar-refractivity contribution in [1.29, 1.82) is 0 Å². The van der Waals surface area contributed by atoms with Gasteiger partial charge >= 0.3 is 6.03 Å². The molecule has 3 rings (SSSR count). The molecule has 10 heteroatoms. The van der Waals surface area contributed by atoms with Crippen molar-refractivity contribution in [3.05, 3.63) is 43.2 Å². The molecule has 0 aliphatic rings. The van der Waals surface area contributed by atoms with Crippen molar-refractivity contribution < 1.29 is 14.3 Å². The van der Waals surface area contributed by atoms with Crippen LogP contribution in [0.3, 0.4) is 0 Å². The van der Waals surface area contributed by atoms with E-state index in [4.69, 9.17) is 9.47 Å². The van der Waals surface area contributed by atoms with Gasteiger partial charge in [0, 0.05) is 12.1 Å². The zero-order valence-electron chi connectivity index (χ0n) is 13.5. The molecule has 1 aromatic carbocycles. The highest BCUT2D eigenvalue weighted by Crippen LogP contribution is 2.29.